The molecule has 4 heteroatoms. The molecule has 0 aliphatic carbocycles. The molecule has 0 unspecified atom stereocenters. The lowest BCUT2D eigenvalue weighted by molar-refractivity contribution is 0.167. The second kappa shape index (κ2) is 5.12. The topological polar surface area (TPSA) is 27.7 Å². The van der Waals surface area contributed by atoms with Crippen LogP contribution in [-0.2, 0) is 13.6 Å². The molecule has 0 amide bonds. The van der Waals surface area contributed by atoms with Crippen molar-refractivity contribution < 1.29 is 13.6 Å². The van der Waals surface area contributed by atoms with E-state index >= 15 is 0 Å². The minimum Gasteiger partial charge on any atom is -0.316 e. The highest BCUT2D eigenvalue weighted by molar-refractivity contribution is 7.41. The normalized spacial score (nSPS) is 11.3. The molecule has 0 radical (unpaired) electrons. The first-order valence-corrected chi connectivity index (χ1v) is 3.85. The molecule has 0 aromatic rings. The van der Waals surface area contributed by atoms with Gasteiger partial charge in [0.05, 0.1) is 6.10 Å². The van der Waals surface area contributed by atoms with Crippen LogP contribution in [0.5, 0.6) is 0 Å². The summed E-state index contributed by atoms with van der Waals surface area (Å²) in [7, 11) is 2.04. The van der Waals surface area contributed by atoms with Gasteiger partial charge in [-0.2, -0.15) is 0 Å². The SMILES string of the molecule is COP(OC)OC(C)C. The third kappa shape index (κ3) is 4.79. The summed E-state index contributed by atoms with van der Waals surface area (Å²) < 4.78 is 14.8. The average Bonchev–Trinajstić information content (AvgIpc) is 1.82. The van der Waals surface area contributed by atoms with Gasteiger partial charge in [0.2, 0.25) is 0 Å². The highest BCUT2D eigenvalue weighted by Gasteiger charge is 2.08. The van der Waals surface area contributed by atoms with E-state index in [1.165, 1.54) is 0 Å². The van der Waals surface area contributed by atoms with Crippen LogP contribution in [0.4, 0.5) is 0 Å². The number of hydrogen-bond donors (Lipinski definition) is 0. The number of hydrogen-bond acceptors (Lipinski definition) is 3. The molecule has 0 aromatic carbocycles. The van der Waals surface area contributed by atoms with Crippen molar-refractivity contribution in [3.63, 3.8) is 0 Å². The van der Waals surface area contributed by atoms with Gasteiger partial charge in [-0.3, -0.25) is 0 Å². The van der Waals surface area contributed by atoms with Gasteiger partial charge in [-0.1, -0.05) is 0 Å². The van der Waals surface area contributed by atoms with Crippen LogP contribution in [0.2, 0.25) is 0 Å². The average molecular weight is 152 g/mol. The molecule has 56 valence electrons. The van der Waals surface area contributed by atoms with Crippen LogP contribution in [0.3, 0.4) is 0 Å². The predicted molar refractivity (Wildman–Crippen MR) is 37.2 cm³/mol. The second-order valence-electron chi connectivity index (χ2n) is 1.74. The lowest BCUT2D eigenvalue weighted by Gasteiger charge is -2.13. The first kappa shape index (κ1) is 9.31. The zero-order valence-electron chi connectivity index (χ0n) is 6.25. The Labute approximate surface area is 57.3 Å². The fraction of sp³-hybridized carbons (Fsp3) is 1.00. The van der Waals surface area contributed by atoms with E-state index < -0.39 is 8.60 Å². The van der Waals surface area contributed by atoms with E-state index in [-0.39, 0.29) is 6.10 Å². The van der Waals surface area contributed by atoms with E-state index in [1.54, 1.807) is 14.2 Å². The summed E-state index contributed by atoms with van der Waals surface area (Å²) in [4.78, 5) is 0. The van der Waals surface area contributed by atoms with Crippen molar-refractivity contribution in [3.8, 4) is 0 Å². The first-order chi connectivity index (χ1) is 4.20. The van der Waals surface area contributed by atoms with Crippen molar-refractivity contribution in [1.29, 1.82) is 0 Å². The fourth-order valence-electron chi connectivity index (χ4n) is 0.333. The molecular formula is C5H13O3P. The lowest BCUT2D eigenvalue weighted by Crippen LogP contribution is -1.98. The minimum atomic E-state index is -1.10. The van der Waals surface area contributed by atoms with Crippen molar-refractivity contribution in [2.75, 3.05) is 14.2 Å². The highest BCUT2D eigenvalue weighted by atomic mass is 31.2. The Bertz CT molecular complexity index is 63.2. The van der Waals surface area contributed by atoms with Crippen molar-refractivity contribution >= 4 is 8.60 Å². The quantitative estimate of drug-likeness (QED) is 0.576. The van der Waals surface area contributed by atoms with Crippen molar-refractivity contribution in [3.05, 3.63) is 0 Å². The zero-order chi connectivity index (χ0) is 7.28. The molecule has 3 nitrogen and oxygen atoms in total. The zero-order valence-corrected chi connectivity index (χ0v) is 7.14. The summed E-state index contributed by atoms with van der Waals surface area (Å²) in [6.45, 7) is 3.88. The summed E-state index contributed by atoms with van der Waals surface area (Å²) in [6.07, 6.45) is 0.163. The summed E-state index contributed by atoms with van der Waals surface area (Å²) in [5, 5.41) is 0. The van der Waals surface area contributed by atoms with Crippen molar-refractivity contribution in [2.45, 2.75) is 20.0 Å². The highest BCUT2D eigenvalue weighted by Crippen LogP contribution is 2.38. The van der Waals surface area contributed by atoms with Crippen LogP contribution in [0.15, 0.2) is 0 Å². The summed E-state index contributed by atoms with van der Waals surface area (Å²) in [5.41, 5.74) is 0. The smallest absolute Gasteiger partial charge is 0.316 e. The molecule has 0 aliphatic heterocycles. The largest absolute Gasteiger partial charge is 0.332 e. The molecule has 0 rings (SSSR count). The lowest BCUT2D eigenvalue weighted by atomic mass is 10.5. The standard InChI is InChI=1S/C5H13O3P/c1-5(2)8-9(6-3)7-4/h5H,1-4H3. The second-order valence-corrected chi connectivity index (χ2v) is 3.13. The monoisotopic (exact) mass is 152 g/mol. The summed E-state index contributed by atoms with van der Waals surface area (Å²) in [6, 6.07) is 0. The van der Waals surface area contributed by atoms with Crippen LogP contribution in [-0.4, -0.2) is 20.3 Å². The van der Waals surface area contributed by atoms with E-state index in [9.17, 15) is 0 Å². The Kier molecular flexibility index (Phi) is 5.30. The number of rotatable bonds is 4. The molecule has 0 N–H and O–H groups in total. The molecule has 0 saturated heterocycles. The van der Waals surface area contributed by atoms with Crippen molar-refractivity contribution in [1.82, 2.24) is 0 Å². The van der Waals surface area contributed by atoms with Gasteiger partial charge in [0.15, 0.2) is 0 Å². The van der Waals surface area contributed by atoms with Gasteiger partial charge in [-0.25, -0.2) is 0 Å². The maximum Gasteiger partial charge on any atom is 0.332 e. The van der Waals surface area contributed by atoms with E-state index in [4.69, 9.17) is 13.6 Å². The Morgan fingerprint density at radius 1 is 1.11 bits per heavy atom. The van der Waals surface area contributed by atoms with Crippen LogP contribution < -0.4 is 0 Å². The van der Waals surface area contributed by atoms with Crippen molar-refractivity contribution in [2.24, 2.45) is 0 Å². The Hall–Kier alpha value is 0.310. The molecule has 0 spiro atoms. The molecule has 0 heterocycles. The third-order valence-electron chi connectivity index (χ3n) is 0.595. The molecule has 0 fully saturated rings. The molecule has 0 saturated carbocycles. The van der Waals surface area contributed by atoms with Gasteiger partial charge in [-0.05, 0) is 13.8 Å². The molecule has 9 heavy (non-hydrogen) atoms. The van der Waals surface area contributed by atoms with E-state index in [2.05, 4.69) is 0 Å². The molecule has 0 aliphatic rings. The third-order valence-corrected chi connectivity index (χ3v) is 1.79. The Balaban J connectivity index is 3.31. The first-order valence-electron chi connectivity index (χ1n) is 2.75. The molecule has 0 atom stereocenters. The Morgan fingerprint density at radius 2 is 1.56 bits per heavy atom. The summed E-state index contributed by atoms with van der Waals surface area (Å²) >= 11 is 0. The van der Waals surface area contributed by atoms with Gasteiger partial charge in [-0.15, -0.1) is 0 Å². The Morgan fingerprint density at radius 3 is 1.67 bits per heavy atom. The van der Waals surface area contributed by atoms with Crippen LogP contribution in [0, 0.1) is 0 Å². The maximum absolute atomic E-state index is 5.17. The van der Waals surface area contributed by atoms with Crippen LogP contribution in [0.1, 0.15) is 13.8 Å². The summed E-state index contributed by atoms with van der Waals surface area (Å²) in [5.74, 6) is 0. The fourth-order valence-corrected chi connectivity index (χ4v) is 0.998. The predicted octanol–water partition coefficient (Wildman–Crippen LogP) is 1.93. The van der Waals surface area contributed by atoms with Gasteiger partial charge < -0.3 is 13.6 Å². The van der Waals surface area contributed by atoms with Crippen LogP contribution in [0.25, 0.3) is 0 Å². The molecule has 0 bridgehead atoms. The van der Waals surface area contributed by atoms with E-state index in [0.717, 1.165) is 0 Å². The van der Waals surface area contributed by atoms with E-state index in [0.29, 0.717) is 0 Å². The van der Waals surface area contributed by atoms with Gasteiger partial charge in [0, 0.05) is 14.2 Å². The van der Waals surface area contributed by atoms with Gasteiger partial charge in [0.25, 0.3) is 0 Å². The van der Waals surface area contributed by atoms with Gasteiger partial charge in [0.1, 0.15) is 0 Å². The van der Waals surface area contributed by atoms with Gasteiger partial charge >= 0.3 is 8.60 Å². The minimum absolute atomic E-state index is 0.163. The molecule has 0 aromatic heterocycles. The molecular weight excluding hydrogens is 139 g/mol. The maximum atomic E-state index is 5.17. The van der Waals surface area contributed by atoms with E-state index in [1.807, 2.05) is 13.8 Å². The van der Waals surface area contributed by atoms with Crippen LogP contribution >= 0.6 is 8.60 Å².